The normalized spacial score (nSPS) is 10.5. The Labute approximate surface area is 136 Å². The van der Waals surface area contributed by atoms with E-state index in [0.717, 1.165) is 29.3 Å². The molecule has 0 aliphatic rings. The molecular formula is C20H21NO2. The second kappa shape index (κ2) is 7.05. The van der Waals surface area contributed by atoms with Crippen LogP contribution in [-0.4, -0.2) is 13.7 Å². The van der Waals surface area contributed by atoms with Gasteiger partial charge in [-0.15, -0.1) is 0 Å². The molecule has 3 aromatic rings. The van der Waals surface area contributed by atoms with Gasteiger partial charge in [0.15, 0.2) is 11.5 Å². The number of rotatable bonds is 6. The summed E-state index contributed by atoms with van der Waals surface area (Å²) in [5.74, 6) is 1.55. The second-order valence-electron chi connectivity index (χ2n) is 5.30. The van der Waals surface area contributed by atoms with E-state index in [4.69, 9.17) is 9.47 Å². The van der Waals surface area contributed by atoms with Crippen LogP contribution in [-0.2, 0) is 6.54 Å². The third-order valence-corrected chi connectivity index (χ3v) is 3.80. The molecular weight excluding hydrogens is 286 g/mol. The number of nitrogens with one attached hydrogen (secondary N) is 1. The van der Waals surface area contributed by atoms with Crippen molar-refractivity contribution in [3.8, 4) is 11.5 Å². The van der Waals surface area contributed by atoms with Crippen molar-refractivity contribution in [2.24, 2.45) is 0 Å². The molecule has 0 atom stereocenters. The Morgan fingerprint density at radius 1 is 0.913 bits per heavy atom. The van der Waals surface area contributed by atoms with E-state index in [1.54, 1.807) is 7.11 Å². The number of benzene rings is 3. The number of methoxy groups -OCH3 is 1. The van der Waals surface area contributed by atoms with Crippen molar-refractivity contribution in [2.45, 2.75) is 13.5 Å². The van der Waals surface area contributed by atoms with Gasteiger partial charge in [0.05, 0.1) is 13.7 Å². The maximum absolute atomic E-state index is 5.64. The summed E-state index contributed by atoms with van der Waals surface area (Å²) >= 11 is 0. The number of hydrogen-bond acceptors (Lipinski definition) is 3. The molecule has 0 fully saturated rings. The molecule has 0 unspecified atom stereocenters. The molecule has 0 amide bonds. The number of hydrogen-bond donors (Lipinski definition) is 1. The van der Waals surface area contributed by atoms with Gasteiger partial charge in [-0.1, -0.05) is 42.5 Å². The third kappa shape index (κ3) is 3.39. The van der Waals surface area contributed by atoms with Crippen molar-refractivity contribution in [1.82, 2.24) is 0 Å². The second-order valence-corrected chi connectivity index (χ2v) is 5.30. The molecule has 0 saturated carbocycles. The van der Waals surface area contributed by atoms with Gasteiger partial charge >= 0.3 is 0 Å². The maximum Gasteiger partial charge on any atom is 0.161 e. The summed E-state index contributed by atoms with van der Waals surface area (Å²) in [6.07, 6.45) is 0. The standard InChI is InChI=1S/C20H21NO2/c1-3-23-20-13-15(11-12-19(20)22-2)14-21-18-10-6-8-16-7-4-5-9-17(16)18/h4-13,21H,3,14H2,1-2H3. The minimum Gasteiger partial charge on any atom is -0.493 e. The van der Waals surface area contributed by atoms with Crippen LogP contribution in [0.15, 0.2) is 60.7 Å². The third-order valence-electron chi connectivity index (χ3n) is 3.80. The summed E-state index contributed by atoms with van der Waals surface area (Å²) in [4.78, 5) is 0. The van der Waals surface area contributed by atoms with E-state index in [1.807, 2.05) is 19.1 Å². The van der Waals surface area contributed by atoms with Crippen molar-refractivity contribution < 1.29 is 9.47 Å². The van der Waals surface area contributed by atoms with Crippen LogP contribution in [0.5, 0.6) is 11.5 Å². The summed E-state index contributed by atoms with van der Waals surface area (Å²) in [6, 6.07) is 20.7. The molecule has 0 bridgehead atoms. The van der Waals surface area contributed by atoms with Crippen LogP contribution in [0, 0.1) is 0 Å². The van der Waals surface area contributed by atoms with Gasteiger partial charge in [-0.25, -0.2) is 0 Å². The summed E-state index contributed by atoms with van der Waals surface area (Å²) < 4.78 is 11.0. The minimum atomic E-state index is 0.622. The van der Waals surface area contributed by atoms with Crippen LogP contribution >= 0.6 is 0 Å². The first-order valence-corrected chi connectivity index (χ1v) is 7.83. The lowest BCUT2D eigenvalue weighted by molar-refractivity contribution is 0.310. The highest BCUT2D eigenvalue weighted by molar-refractivity contribution is 5.93. The van der Waals surface area contributed by atoms with Crippen molar-refractivity contribution in [1.29, 1.82) is 0 Å². The lowest BCUT2D eigenvalue weighted by Crippen LogP contribution is -2.02. The fourth-order valence-electron chi connectivity index (χ4n) is 2.68. The molecule has 3 heteroatoms. The summed E-state index contributed by atoms with van der Waals surface area (Å²) in [6.45, 7) is 3.33. The minimum absolute atomic E-state index is 0.622. The molecule has 0 aliphatic heterocycles. The smallest absolute Gasteiger partial charge is 0.161 e. The highest BCUT2D eigenvalue weighted by atomic mass is 16.5. The number of ether oxygens (including phenoxy) is 2. The first kappa shape index (κ1) is 15.2. The zero-order valence-electron chi connectivity index (χ0n) is 13.5. The predicted octanol–water partition coefficient (Wildman–Crippen LogP) is 4.86. The van der Waals surface area contributed by atoms with Crippen LogP contribution in [0.25, 0.3) is 10.8 Å². The van der Waals surface area contributed by atoms with Gasteiger partial charge < -0.3 is 14.8 Å². The Balaban J connectivity index is 1.81. The topological polar surface area (TPSA) is 30.5 Å². The van der Waals surface area contributed by atoms with Crippen molar-refractivity contribution in [3.05, 3.63) is 66.2 Å². The highest BCUT2D eigenvalue weighted by Gasteiger charge is 2.06. The molecule has 1 N–H and O–H groups in total. The average Bonchev–Trinajstić information content (AvgIpc) is 2.60. The van der Waals surface area contributed by atoms with Gasteiger partial charge in [-0.2, -0.15) is 0 Å². The number of fused-ring (bicyclic) bond motifs is 1. The maximum atomic E-state index is 5.64. The summed E-state index contributed by atoms with van der Waals surface area (Å²) in [5, 5.41) is 5.98. The Morgan fingerprint density at radius 3 is 2.57 bits per heavy atom. The lowest BCUT2D eigenvalue weighted by atomic mass is 10.1. The fraction of sp³-hybridized carbons (Fsp3) is 0.200. The molecule has 0 heterocycles. The zero-order chi connectivity index (χ0) is 16.1. The van der Waals surface area contributed by atoms with Crippen LogP contribution in [0.2, 0.25) is 0 Å². The lowest BCUT2D eigenvalue weighted by Gasteiger charge is -2.13. The predicted molar refractivity (Wildman–Crippen MR) is 95.4 cm³/mol. The van der Waals surface area contributed by atoms with Crippen molar-refractivity contribution in [3.63, 3.8) is 0 Å². The molecule has 23 heavy (non-hydrogen) atoms. The molecule has 3 aromatic carbocycles. The van der Waals surface area contributed by atoms with Gasteiger partial charge in [-0.3, -0.25) is 0 Å². The summed E-state index contributed by atoms with van der Waals surface area (Å²) in [5.41, 5.74) is 2.29. The monoisotopic (exact) mass is 307 g/mol. The van der Waals surface area contributed by atoms with Gasteiger partial charge in [0.25, 0.3) is 0 Å². The molecule has 0 spiro atoms. The molecule has 3 nitrogen and oxygen atoms in total. The van der Waals surface area contributed by atoms with E-state index in [9.17, 15) is 0 Å². The van der Waals surface area contributed by atoms with Crippen LogP contribution in [0.1, 0.15) is 12.5 Å². The van der Waals surface area contributed by atoms with E-state index in [-0.39, 0.29) is 0 Å². The van der Waals surface area contributed by atoms with E-state index < -0.39 is 0 Å². The Hall–Kier alpha value is -2.68. The molecule has 0 aromatic heterocycles. The summed E-state index contributed by atoms with van der Waals surface area (Å²) in [7, 11) is 1.66. The van der Waals surface area contributed by atoms with E-state index in [2.05, 4.69) is 53.8 Å². The van der Waals surface area contributed by atoms with Gasteiger partial charge in [-0.05, 0) is 36.1 Å². The first-order chi connectivity index (χ1) is 11.3. The molecule has 0 saturated heterocycles. The average molecular weight is 307 g/mol. The zero-order valence-corrected chi connectivity index (χ0v) is 13.5. The van der Waals surface area contributed by atoms with E-state index in [0.29, 0.717) is 6.61 Å². The van der Waals surface area contributed by atoms with Gasteiger partial charge in [0.2, 0.25) is 0 Å². The Bertz CT molecular complexity index is 793. The number of anilines is 1. The Kier molecular flexibility index (Phi) is 4.67. The van der Waals surface area contributed by atoms with Crippen LogP contribution < -0.4 is 14.8 Å². The van der Waals surface area contributed by atoms with Crippen LogP contribution in [0.4, 0.5) is 5.69 Å². The van der Waals surface area contributed by atoms with Crippen molar-refractivity contribution >= 4 is 16.5 Å². The van der Waals surface area contributed by atoms with Crippen LogP contribution in [0.3, 0.4) is 0 Å². The fourth-order valence-corrected chi connectivity index (χ4v) is 2.68. The highest BCUT2D eigenvalue weighted by Crippen LogP contribution is 2.29. The quantitative estimate of drug-likeness (QED) is 0.705. The first-order valence-electron chi connectivity index (χ1n) is 7.83. The molecule has 0 radical (unpaired) electrons. The molecule has 3 rings (SSSR count). The van der Waals surface area contributed by atoms with Gasteiger partial charge in [0, 0.05) is 17.6 Å². The van der Waals surface area contributed by atoms with Crippen molar-refractivity contribution in [2.75, 3.05) is 19.0 Å². The van der Waals surface area contributed by atoms with E-state index in [1.165, 1.54) is 10.8 Å². The van der Waals surface area contributed by atoms with Gasteiger partial charge in [0.1, 0.15) is 0 Å². The SMILES string of the molecule is CCOc1cc(CNc2cccc3ccccc23)ccc1OC. The molecule has 0 aliphatic carbocycles. The Morgan fingerprint density at radius 2 is 1.74 bits per heavy atom. The largest absolute Gasteiger partial charge is 0.493 e. The van der Waals surface area contributed by atoms with E-state index >= 15 is 0 Å². The molecule has 118 valence electrons.